The number of hydrogen-bond donors (Lipinski definition) is 2. The molecule has 1 saturated heterocycles. The third-order valence-electron chi connectivity index (χ3n) is 5.25. The fraction of sp³-hybridized carbons (Fsp3) is 0.682. The van der Waals surface area contributed by atoms with Gasteiger partial charge in [0.05, 0.1) is 12.6 Å². The summed E-state index contributed by atoms with van der Waals surface area (Å²) in [6, 6.07) is 6.39. The van der Waals surface area contributed by atoms with E-state index in [0.29, 0.717) is 12.5 Å². The van der Waals surface area contributed by atoms with Crippen molar-refractivity contribution in [2.75, 3.05) is 32.7 Å². The fourth-order valence-electron chi connectivity index (χ4n) is 3.32. The van der Waals surface area contributed by atoms with Gasteiger partial charge in [-0.15, -0.1) is 24.0 Å². The van der Waals surface area contributed by atoms with Gasteiger partial charge in [-0.2, -0.15) is 0 Å². The van der Waals surface area contributed by atoms with E-state index in [0.717, 1.165) is 43.3 Å². The van der Waals surface area contributed by atoms with E-state index in [9.17, 15) is 0 Å². The molecule has 1 aliphatic heterocycles. The number of rotatable bonds is 9. The van der Waals surface area contributed by atoms with Crippen molar-refractivity contribution < 1.29 is 4.74 Å². The quantitative estimate of drug-likeness (QED) is 0.302. The highest BCUT2D eigenvalue weighted by atomic mass is 127. The van der Waals surface area contributed by atoms with E-state index in [1.165, 1.54) is 25.1 Å². The summed E-state index contributed by atoms with van der Waals surface area (Å²) < 4.78 is 6.12. The lowest BCUT2D eigenvalue weighted by atomic mass is 10.1. The summed E-state index contributed by atoms with van der Waals surface area (Å²) in [5, 5.41) is 6.90. The molecule has 2 atom stereocenters. The minimum absolute atomic E-state index is 0. The summed E-state index contributed by atoms with van der Waals surface area (Å²) in [7, 11) is 0. The van der Waals surface area contributed by atoms with Crippen LogP contribution in [-0.4, -0.2) is 49.7 Å². The molecule has 2 N–H and O–H groups in total. The number of aliphatic imine (C=N–C) groups is 1. The molecule has 2 unspecified atom stereocenters. The molecule has 1 fully saturated rings. The van der Waals surface area contributed by atoms with Gasteiger partial charge in [-0.1, -0.05) is 26.0 Å². The Morgan fingerprint density at radius 3 is 2.71 bits per heavy atom. The Hall–Kier alpha value is -1.02. The SMILES string of the molecule is CCNC(=NCc1ccc(C)cc1OC(C)CC)NCC1CCN(CC)C1.I. The minimum Gasteiger partial charge on any atom is -0.490 e. The third kappa shape index (κ3) is 8.15. The molecule has 1 aliphatic rings. The number of halogens is 1. The Kier molecular flexibility index (Phi) is 11.8. The largest absolute Gasteiger partial charge is 0.490 e. The molecular weight excluding hydrogens is 463 g/mol. The van der Waals surface area contributed by atoms with E-state index in [2.05, 4.69) is 68.4 Å². The molecule has 1 aromatic rings. The van der Waals surface area contributed by atoms with Crippen LogP contribution in [0.25, 0.3) is 0 Å². The Morgan fingerprint density at radius 1 is 1.29 bits per heavy atom. The molecular formula is C22H39IN4O. The maximum absolute atomic E-state index is 6.12. The standard InChI is InChI=1S/C22H38N4O.HI/c1-6-18(5)27-21-13-17(4)9-10-20(21)15-25-22(23-7-2)24-14-19-11-12-26(8-3)16-19;/h9-10,13,18-19H,6-8,11-12,14-16H2,1-5H3,(H2,23,24,25);1H. The van der Waals surface area contributed by atoms with Crippen LogP contribution in [0.2, 0.25) is 0 Å². The van der Waals surface area contributed by atoms with E-state index in [-0.39, 0.29) is 30.1 Å². The lowest BCUT2D eigenvalue weighted by molar-refractivity contribution is 0.215. The van der Waals surface area contributed by atoms with Gasteiger partial charge in [0.25, 0.3) is 0 Å². The first-order valence-electron chi connectivity index (χ1n) is 10.6. The first-order chi connectivity index (χ1) is 13.0. The van der Waals surface area contributed by atoms with Crippen molar-refractivity contribution in [1.82, 2.24) is 15.5 Å². The Bertz CT molecular complexity index is 608. The summed E-state index contributed by atoms with van der Waals surface area (Å²) in [6.45, 7) is 16.7. The van der Waals surface area contributed by atoms with Crippen LogP contribution < -0.4 is 15.4 Å². The van der Waals surface area contributed by atoms with Crippen LogP contribution >= 0.6 is 24.0 Å². The van der Waals surface area contributed by atoms with Crippen LogP contribution in [0.15, 0.2) is 23.2 Å². The summed E-state index contributed by atoms with van der Waals surface area (Å²) >= 11 is 0. The summed E-state index contributed by atoms with van der Waals surface area (Å²) in [6.07, 6.45) is 2.48. The average Bonchev–Trinajstić information content (AvgIpc) is 3.13. The highest BCUT2D eigenvalue weighted by Gasteiger charge is 2.21. The van der Waals surface area contributed by atoms with Crippen molar-refractivity contribution >= 4 is 29.9 Å². The van der Waals surface area contributed by atoms with E-state index >= 15 is 0 Å². The van der Waals surface area contributed by atoms with Crippen LogP contribution in [0.5, 0.6) is 5.75 Å². The number of guanidine groups is 1. The maximum Gasteiger partial charge on any atom is 0.191 e. The van der Waals surface area contributed by atoms with Crippen LogP contribution in [0.3, 0.4) is 0 Å². The zero-order valence-corrected chi connectivity index (χ0v) is 20.6. The highest BCUT2D eigenvalue weighted by Crippen LogP contribution is 2.23. The zero-order chi connectivity index (χ0) is 19.6. The predicted molar refractivity (Wildman–Crippen MR) is 130 cm³/mol. The van der Waals surface area contributed by atoms with E-state index < -0.39 is 0 Å². The van der Waals surface area contributed by atoms with E-state index in [1.807, 2.05) is 0 Å². The molecule has 0 aromatic heterocycles. The average molecular weight is 502 g/mol. The zero-order valence-electron chi connectivity index (χ0n) is 18.3. The summed E-state index contributed by atoms with van der Waals surface area (Å²) in [5.74, 6) is 2.55. The van der Waals surface area contributed by atoms with Crippen LogP contribution in [0, 0.1) is 12.8 Å². The minimum atomic E-state index is 0. The van der Waals surface area contributed by atoms with Crippen molar-refractivity contribution in [2.45, 2.75) is 60.1 Å². The van der Waals surface area contributed by atoms with Gasteiger partial charge in [-0.25, -0.2) is 4.99 Å². The van der Waals surface area contributed by atoms with E-state index in [4.69, 9.17) is 9.73 Å². The Balaban J connectivity index is 0.00000392. The van der Waals surface area contributed by atoms with Gasteiger partial charge in [0.2, 0.25) is 0 Å². The van der Waals surface area contributed by atoms with Crippen LogP contribution in [0.4, 0.5) is 0 Å². The second-order valence-electron chi connectivity index (χ2n) is 7.57. The molecule has 5 nitrogen and oxygen atoms in total. The van der Waals surface area contributed by atoms with Gasteiger partial charge in [0.15, 0.2) is 5.96 Å². The van der Waals surface area contributed by atoms with Crippen molar-refractivity contribution in [3.8, 4) is 5.75 Å². The second kappa shape index (κ2) is 13.2. The lowest BCUT2D eigenvalue weighted by Gasteiger charge is -2.18. The summed E-state index contributed by atoms with van der Waals surface area (Å²) in [4.78, 5) is 7.32. The van der Waals surface area contributed by atoms with Crippen molar-refractivity contribution in [1.29, 1.82) is 0 Å². The molecule has 0 radical (unpaired) electrons. The molecule has 0 saturated carbocycles. The highest BCUT2D eigenvalue weighted by molar-refractivity contribution is 14.0. The van der Waals surface area contributed by atoms with Gasteiger partial charge in [0.1, 0.15) is 5.75 Å². The smallest absolute Gasteiger partial charge is 0.191 e. The lowest BCUT2D eigenvalue weighted by Crippen LogP contribution is -2.40. The molecule has 28 heavy (non-hydrogen) atoms. The third-order valence-corrected chi connectivity index (χ3v) is 5.25. The maximum atomic E-state index is 6.12. The van der Waals surface area contributed by atoms with Gasteiger partial charge in [0, 0.05) is 25.2 Å². The first-order valence-corrected chi connectivity index (χ1v) is 10.6. The normalized spacial score (nSPS) is 18.5. The van der Waals surface area contributed by atoms with Crippen LogP contribution in [0.1, 0.15) is 51.7 Å². The first kappa shape index (κ1) is 25.0. The molecule has 6 heteroatoms. The fourth-order valence-corrected chi connectivity index (χ4v) is 3.32. The van der Waals surface area contributed by atoms with Crippen molar-refractivity contribution in [2.24, 2.45) is 10.9 Å². The predicted octanol–water partition coefficient (Wildman–Crippen LogP) is 4.19. The number of aryl methyl sites for hydroxylation is 1. The molecule has 0 aliphatic carbocycles. The van der Waals surface area contributed by atoms with E-state index in [1.54, 1.807) is 0 Å². The van der Waals surface area contributed by atoms with Crippen LogP contribution in [-0.2, 0) is 6.54 Å². The Morgan fingerprint density at radius 2 is 2.07 bits per heavy atom. The topological polar surface area (TPSA) is 48.9 Å². The molecule has 2 rings (SSSR count). The Labute approximate surface area is 188 Å². The number of nitrogens with one attached hydrogen (secondary N) is 2. The molecule has 0 bridgehead atoms. The molecule has 160 valence electrons. The monoisotopic (exact) mass is 502 g/mol. The van der Waals surface area contributed by atoms with Crippen molar-refractivity contribution in [3.05, 3.63) is 29.3 Å². The molecule has 1 heterocycles. The number of ether oxygens (including phenoxy) is 1. The number of benzene rings is 1. The molecule has 1 aromatic carbocycles. The number of likely N-dealkylation sites (tertiary alicyclic amines) is 1. The molecule has 0 spiro atoms. The van der Waals surface area contributed by atoms with Gasteiger partial charge in [-0.05, 0) is 64.3 Å². The number of hydrogen-bond acceptors (Lipinski definition) is 3. The number of nitrogens with zero attached hydrogens (tertiary/aromatic N) is 2. The van der Waals surface area contributed by atoms with Gasteiger partial charge >= 0.3 is 0 Å². The molecule has 0 amide bonds. The van der Waals surface area contributed by atoms with Gasteiger partial charge in [-0.3, -0.25) is 0 Å². The second-order valence-corrected chi connectivity index (χ2v) is 7.57. The summed E-state index contributed by atoms with van der Waals surface area (Å²) in [5.41, 5.74) is 2.35. The van der Waals surface area contributed by atoms with Crippen molar-refractivity contribution in [3.63, 3.8) is 0 Å². The van der Waals surface area contributed by atoms with Gasteiger partial charge < -0.3 is 20.3 Å².